The molecule has 1 aromatic rings. The van der Waals surface area contributed by atoms with Crippen LogP contribution in [0.4, 0.5) is 8.78 Å². The van der Waals surface area contributed by atoms with Crippen molar-refractivity contribution in [3.05, 3.63) is 35.4 Å². The molecule has 1 nitrogen and oxygen atoms in total. The van der Waals surface area contributed by atoms with E-state index in [-0.39, 0.29) is 0 Å². The molecular formula is C13H18ClF2N. The Balaban J connectivity index is 2.22. The van der Waals surface area contributed by atoms with Crippen LogP contribution in [0.3, 0.4) is 0 Å². The smallest absolute Gasteiger partial charge is 0.126 e. The van der Waals surface area contributed by atoms with Crippen LogP contribution in [0.1, 0.15) is 25.3 Å². The first-order valence-corrected chi connectivity index (χ1v) is 6.37. The summed E-state index contributed by atoms with van der Waals surface area (Å²) in [6.07, 6.45) is 2.08. The monoisotopic (exact) mass is 261 g/mol. The Morgan fingerprint density at radius 3 is 2.47 bits per heavy atom. The van der Waals surface area contributed by atoms with Gasteiger partial charge in [-0.2, -0.15) is 0 Å². The van der Waals surface area contributed by atoms with E-state index in [9.17, 15) is 8.78 Å². The highest BCUT2D eigenvalue weighted by Crippen LogP contribution is 2.08. The van der Waals surface area contributed by atoms with Gasteiger partial charge in [0.15, 0.2) is 0 Å². The van der Waals surface area contributed by atoms with Crippen molar-refractivity contribution >= 4 is 11.6 Å². The van der Waals surface area contributed by atoms with Crippen LogP contribution in [-0.4, -0.2) is 12.4 Å². The zero-order valence-corrected chi connectivity index (χ0v) is 10.7. The van der Waals surface area contributed by atoms with Crippen molar-refractivity contribution in [3.63, 3.8) is 0 Å². The van der Waals surface area contributed by atoms with Crippen LogP contribution in [0.15, 0.2) is 18.2 Å². The van der Waals surface area contributed by atoms with Crippen molar-refractivity contribution in [2.45, 2.75) is 26.3 Å². The fraction of sp³-hybridized carbons (Fsp3) is 0.538. The van der Waals surface area contributed by atoms with Crippen LogP contribution in [0, 0.1) is 17.6 Å². The molecule has 0 bridgehead atoms. The number of hydrogen-bond acceptors (Lipinski definition) is 1. The Morgan fingerprint density at radius 2 is 1.88 bits per heavy atom. The van der Waals surface area contributed by atoms with Gasteiger partial charge in [-0.15, -0.1) is 11.6 Å². The van der Waals surface area contributed by atoms with E-state index in [2.05, 4.69) is 12.2 Å². The first-order valence-electron chi connectivity index (χ1n) is 5.83. The average molecular weight is 262 g/mol. The minimum atomic E-state index is -0.530. The second-order valence-corrected chi connectivity index (χ2v) is 4.66. The first-order chi connectivity index (χ1) is 8.11. The molecule has 0 saturated carbocycles. The molecule has 0 amide bonds. The number of hydrogen-bond donors (Lipinski definition) is 1. The second kappa shape index (κ2) is 7.62. The second-order valence-electron chi connectivity index (χ2n) is 4.36. The predicted octanol–water partition coefficient (Wildman–Crippen LogP) is 3.71. The summed E-state index contributed by atoms with van der Waals surface area (Å²) >= 11 is 5.69. The zero-order valence-electron chi connectivity index (χ0n) is 9.98. The fourth-order valence-electron chi connectivity index (χ4n) is 1.60. The van der Waals surface area contributed by atoms with Gasteiger partial charge in [-0.25, -0.2) is 8.78 Å². The number of halogens is 3. The first kappa shape index (κ1) is 14.4. The summed E-state index contributed by atoms with van der Waals surface area (Å²) < 4.78 is 25.7. The van der Waals surface area contributed by atoms with Gasteiger partial charge in [0.1, 0.15) is 11.6 Å². The summed E-state index contributed by atoms with van der Waals surface area (Å²) in [6.45, 7) is 3.43. The topological polar surface area (TPSA) is 12.0 Å². The molecular weight excluding hydrogens is 244 g/mol. The van der Waals surface area contributed by atoms with Crippen LogP contribution in [-0.2, 0) is 6.54 Å². The van der Waals surface area contributed by atoms with Crippen molar-refractivity contribution < 1.29 is 8.78 Å². The van der Waals surface area contributed by atoms with E-state index in [1.807, 2.05) is 0 Å². The molecule has 1 atom stereocenters. The largest absolute Gasteiger partial charge is 0.313 e. The molecule has 0 fully saturated rings. The summed E-state index contributed by atoms with van der Waals surface area (Å²) in [4.78, 5) is 0. The van der Waals surface area contributed by atoms with E-state index < -0.39 is 11.6 Å². The Bertz CT molecular complexity index is 324. The van der Waals surface area contributed by atoms with Crippen LogP contribution < -0.4 is 5.32 Å². The Kier molecular flexibility index (Phi) is 6.45. The van der Waals surface area contributed by atoms with Crippen molar-refractivity contribution in [3.8, 4) is 0 Å². The van der Waals surface area contributed by atoms with Gasteiger partial charge in [-0.05, 0) is 43.0 Å². The minimum absolute atomic E-state index is 0.490. The average Bonchev–Trinajstić information content (AvgIpc) is 2.27. The zero-order chi connectivity index (χ0) is 12.7. The van der Waals surface area contributed by atoms with E-state index in [0.29, 0.717) is 23.9 Å². The summed E-state index contributed by atoms with van der Waals surface area (Å²) in [7, 11) is 0. The van der Waals surface area contributed by atoms with E-state index in [1.165, 1.54) is 12.1 Å². The normalized spacial score (nSPS) is 12.7. The molecule has 0 radical (unpaired) electrons. The third-order valence-corrected chi connectivity index (χ3v) is 3.09. The summed E-state index contributed by atoms with van der Waals surface area (Å²) in [5.41, 5.74) is 0.632. The number of rotatable bonds is 7. The van der Waals surface area contributed by atoms with Gasteiger partial charge < -0.3 is 5.32 Å². The van der Waals surface area contributed by atoms with Crippen molar-refractivity contribution in [2.75, 3.05) is 12.4 Å². The van der Waals surface area contributed by atoms with E-state index in [1.54, 1.807) is 0 Å². The van der Waals surface area contributed by atoms with Gasteiger partial charge in [-0.1, -0.05) is 6.92 Å². The SMILES string of the molecule is CC(CCl)CCCNCc1cc(F)cc(F)c1. The molecule has 17 heavy (non-hydrogen) atoms. The molecule has 0 aromatic heterocycles. The highest BCUT2D eigenvalue weighted by molar-refractivity contribution is 6.18. The van der Waals surface area contributed by atoms with Crippen LogP contribution >= 0.6 is 11.6 Å². The summed E-state index contributed by atoms with van der Waals surface area (Å²) in [6, 6.07) is 3.57. The molecule has 0 aliphatic rings. The molecule has 1 aromatic carbocycles. The maximum Gasteiger partial charge on any atom is 0.126 e. The maximum atomic E-state index is 12.9. The van der Waals surface area contributed by atoms with Gasteiger partial charge in [-0.3, -0.25) is 0 Å². The van der Waals surface area contributed by atoms with Crippen LogP contribution in [0.2, 0.25) is 0 Å². The Hall–Kier alpha value is -0.670. The molecule has 1 N–H and O–H groups in total. The summed E-state index contributed by atoms with van der Waals surface area (Å²) in [5, 5.41) is 3.16. The molecule has 0 spiro atoms. The van der Waals surface area contributed by atoms with E-state index in [0.717, 1.165) is 25.5 Å². The maximum absolute atomic E-state index is 12.9. The van der Waals surface area contributed by atoms with Crippen molar-refractivity contribution in [1.29, 1.82) is 0 Å². The molecule has 1 unspecified atom stereocenters. The Labute approximate surface area is 106 Å². The molecule has 0 heterocycles. The lowest BCUT2D eigenvalue weighted by atomic mass is 10.1. The van der Waals surface area contributed by atoms with Crippen molar-refractivity contribution in [2.24, 2.45) is 5.92 Å². The van der Waals surface area contributed by atoms with Gasteiger partial charge in [0.05, 0.1) is 0 Å². The summed E-state index contributed by atoms with van der Waals surface area (Å²) in [5.74, 6) is 0.134. The molecule has 1 rings (SSSR count). The van der Waals surface area contributed by atoms with Gasteiger partial charge in [0.25, 0.3) is 0 Å². The van der Waals surface area contributed by atoms with Gasteiger partial charge >= 0.3 is 0 Å². The predicted molar refractivity (Wildman–Crippen MR) is 67.2 cm³/mol. The lowest BCUT2D eigenvalue weighted by Crippen LogP contribution is -2.16. The number of benzene rings is 1. The van der Waals surface area contributed by atoms with E-state index >= 15 is 0 Å². The molecule has 0 aliphatic heterocycles. The van der Waals surface area contributed by atoms with E-state index in [4.69, 9.17) is 11.6 Å². The standard InChI is InChI=1S/C13H18ClF2N/c1-10(8-14)3-2-4-17-9-11-5-12(15)7-13(16)6-11/h5-7,10,17H,2-4,8-9H2,1H3. The van der Waals surface area contributed by atoms with Crippen molar-refractivity contribution in [1.82, 2.24) is 5.32 Å². The minimum Gasteiger partial charge on any atom is -0.313 e. The lowest BCUT2D eigenvalue weighted by Gasteiger charge is -2.08. The quantitative estimate of drug-likeness (QED) is 0.583. The molecule has 96 valence electrons. The third-order valence-electron chi connectivity index (χ3n) is 2.57. The highest BCUT2D eigenvalue weighted by Gasteiger charge is 2.01. The third kappa shape index (κ3) is 5.99. The van der Waals surface area contributed by atoms with Crippen LogP contribution in [0.25, 0.3) is 0 Å². The molecule has 0 aliphatic carbocycles. The van der Waals surface area contributed by atoms with Crippen LogP contribution in [0.5, 0.6) is 0 Å². The Morgan fingerprint density at radius 1 is 1.24 bits per heavy atom. The lowest BCUT2D eigenvalue weighted by molar-refractivity contribution is 0.528. The molecule has 0 saturated heterocycles. The van der Waals surface area contributed by atoms with Gasteiger partial charge in [0, 0.05) is 18.5 Å². The highest BCUT2D eigenvalue weighted by atomic mass is 35.5. The molecule has 4 heteroatoms. The number of nitrogens with one attached hydrogen (secondary N) is 1. The fourth-order valence-corrected chi connectivity index (χ4v) is 1.75. The van der Waals surface area contributed by atoms with Gasteiger partial charge in [0.2, 0.25) is 0 Å². The number of alkyl halides is 1.